The number of aromatic nitrogens is 1. The number of hydrogen-bond acceptors (Lipinski definition) is 3. The lowest BCUT2D eigenvalue weighted by atomic mass is 10.3. The van der Waals surface area contributed by atoms with Gasteiger partial charge in [-0.1, -0.05) is 0 Å². The molecule has 0 spiro atoms. The number of unbranched alkanes of at least 4 members (excludes halogenated alkanes) is 1. The fraction of sp³-hybridized carbons (Fsp3) is 0.625. The van der Waals surface area contributed by atoms with Crippen molar-refractivity contribution in [3.8, 4) is 0 Å². The van der Waals surface area contributed by atoms with Gasteiger partial charge in [-0.05, 0) is 19.8 Å². The Hall–Kier alpha value is -0.280. The van der Waals surface area contributed by atoms with Crippen LogP contribution in [0.25, 0.3) is 0 Å². The van der Waals surface area contributed by atoms with Crippen LogP contribution >= 0.6 is 22.9 Å². The van der Waals surface area contributed by atoms with Gasteiger partial charge in [0.25, 0.3) is 0 Å². The zero-order valence-corrected chi connectivity index (χ0v) is 8.71. The fourth-order valence-electron chi connectivity index (χ4n) is 0.850. The molecule has 0 unspecified atom stereocenters. The summed E-state index contributed by atoms with van der Waals surface area (Å²) < 4.78 is 0. The maximum Gasteiger partial charge on any atom is 0.182 e. The zero-order chi connectivity index (χ0) is 8.81. The van der Waals surface area contributed by atoms with Crippen LogP contribution in [0.5, 0.6) is 0 Å². The summed E-state index contributed by atoms with van der Waals surface area (Å²) in [4.78, 5) is 4.28. The number of nitrogens with one attached hydrogen (secondary N) is 1. The van der Waals surface area contributed by atoms with Gasteiger partial charge in [0.15, 0.2) is 5.13 Å². The molecule has 1 N–H and O–H groups in total. The Kier molecular flexibility index (Phi) is 4.40. The predicted octanol–water partition coefficient (Wildman–Crippen LogP) is 2.88. The van der Waals surface area contributed by atoms with Gasteiger partial charge in [0.05, 0.1) is 5.69 Å². The SMILES string of the molecule is Cc1csc(NCCCCCl)n1. The van der Waals surface area contributed by atoms with Gasteiger partial charge in [-0.25, -0.2) is 4.98 Å². The largest absolute Gasteiger partial charge is 0.362 e. The first kappa shape index (κ1) is 9.81. The Labute approximate surface area is 82.0 Å². The lowest BCUT2D eigenvalue weighted by Crippen LogP contribution is -2.00. The maximum absolute atomic E-state index is 5.55. The van der Waals surface area contributed by atoms with E-state index in [0.29, 0.717) is 0 Å². The molecule has 0 atom stereocenters. The Morgan fingerprint density at radius 1 is 1.58 bits per heavy atom. The van der Waals surface area contributed by atoms with Gasteiger partial charge in [0.2, 0.25) is 0 Å². The molecular weight excluding hydrogens is 192 g/mol. The minimum absolute atomic E-state index is 0.749. The molecule has 4 heteroatoms. The van der Waals surface area contributed by atoms with E-state index in [1.807, 2.05) is 12.3 Å². The average molecular weight is 205 g/mol. The van der Waals surface area contributed by atoms with Crippen LogP contribution in [-0.2, 0) is 0 Å². The van der Waals surface area contributed by atoms with Crippen LogP contribution in [0.4, 0.5) is 5.13 Å². The highest BCUT2D eigenvalue weighted by atomic mass is 35.5. The maximum atomic E-state index is 5.55. The molecule has 1 aromatic heterocycles. The van der Waals surface area contributed by atoms with Crippen LogP contribution in [-0.4, -0.2) is 17.4 Å². The van der Waals surface area contributed by atoms with Crippen molar-refractivity contribution in [1.82, 2.24) is 4.98 Å². The van der Waals surface area contributed by atoms with E-state index in [-0.39, 0.29) is 0 Å². The number of anilines is 1. The molecule has 2 nitrogen and oxygen atoms in total. The van der Waals surface area contributed by atoms with Crippen molar-refractivity contribution in [2.75, 3.05) is 17.7 Å². The monoisotopic (exact) mass is 204 g/mol. The Balaban J connectivity index is 2.15. The number of rotatable bonds is 5. The topological polar surface area (TPSA) is 24.9 Å². The molecule has 0 fully saturated rings. The van der Waals surface area contributed by atoms with Gasteiger partial charge in [0.1, 0.15) is 0 Å². The third kappa shape index (κ3) is 3.41. The molecule has 0 aromatic carbocycles. The summed E-state index contributed by atoms with van der Waals surface area (Å²) >= 11 is 7.20. The minimum Gasteiger partial charge on any atom is -0.362 e. The van der Waals surface area contributed by atoms with E-state index in [9.17, 15) is 0 Å². The number of nitrogens with zero attached hydrogens (tertiary/aromatic N) is 1. The van der Waals surface area contributed by atoms with E-state index in [1.165, 1.54) is 0 Å². The molecular formula is C8H13ClN2S. The van der Waals surface area contributed by atoms with Crippen LogP contribution in [0, 0.1) is 6.92 Å². The first-order valence-electron chi connectivity index (χ1n) is 4.05. The van der Waals surface area contributed by atoms with Crippen LogP contribution in [0.15, 0.2) is 5.38 Å². The molecule has 1 heterocycles. The number of hydrogen-bond donors (Lipinski definition) is 1. The molecule has 1 aromatic rings. The van der Waals surface area contributed by atoms with Gasteiger partial charge >= 0.3 is 0 Å². The van der Waals surface area contributed by atoms with Gasteiger partial charge in [-0.3, -0.25) is 0 Å². The second kappa shape index (κ2) is 5.38. The van der Waals surface area contributed by atoms with E-state index >= 15 is 0 Å². The van der Waals surface area contributed by atoms with Crippen molar-refractivity contribution in [3.63, 3.8) is 0 Å². The van der Waals surface area contributed by atoms with E-state index < -0.39 is 0 Å². The number of thiazole rings is 1. The van der Waals surface area contributed by atoms with Crippen LogP contribution in [0.1, 0.15) is 18.5 Å². The normalized spacial score (nSPS) is 10.2. The van der Waals surface area contributed by atoms with Crippen molar-refractivity contribution in [2.24, 2.45) is 0 Å². The highest BCUT2D eigenvalue weighted by Gasteiger charge is 1.95. The molecule has 0 amide bonds. The molecule has 12 heavy (non-hydrogen) atoms. The van der Waals surface area contributed by atoms with Crippen LogP contribution in [0.3, 0.4) is 0 Å². The fourth-order valence-corrected chi connectivity index (χ4v) is 1.76. The molecule has 68 valence electrons. The van der Waals surface area contributed by atoms with E-state index in [0.717, 1.165) is 36.1 Å². The molecule has 0 radical (unpaired) electrons. The lowest BCUT2D eigenvalue weighted by molar-refractivity contribution is 0.838. The predicted molar refractivity (Wildman–Crippen MR) is 55.3 cm³/mol. The summed E-state index contributed by atoms with van der Waals surface area (Å²) in [6, 6.07) is 0. The zero-order valence-electron chi connectivity index (χ0n) is 7.14. The van der Waals surface area contributed by atoms with Gasteiger partial charge < -0.3 is 5.32 Å². The smallest absolute Gasteiger partial charge is 0.182 e. The Morgan fingerprint density at radius 3 is 3.00 bits per heavy atom. The first-order valence-corrected chi connectivity index (χ1v) is 5.46. The van der Waals surface area contributed by atoms with E-state index in [1.54, 1.807) is 11.3 Å². The van der Waals surface area contributed by atoms with Crippen molar-refractivity contribution in [1.29, 1.82) is 0 Å². The number of halogens is 1. The van der Waals surface area contributed by atoms with E-state index in [4.69, 9.17) is 11.6 Å². The van der Waals surface area contributed by atoms with Crippen molar-refractivity contribution in [3.05, 3.63) is 11.1 Å². The van der Waals surface area contributed by atoms with Crippen LogP contribution < -0.4 is 5.32 Å². The summed E-state index contributed by atoms with van der Waals surface area (Å²) in [5.74, 6) is 0.749. The Morgan fingerprint density at radius 2 is 2.42 bits per heavy atom. The highest BCUT2D eigenvalue weighted by Crippen LogP contribution is 2.14. The molecule has 0 aliphatic heterocycles. The summed E-state index contributed by atoms with van der Waals surface area (Å²) in [6.45, 7) is 2.97. The second-order valence-corrected chi connectivity index (χ2v) is 3.85. The Bertz CT molecular complexity index is 225. The molecule has 0 aliphatic carbocycles. The summed E-state index contributed by atoms with van der Waals surface area (Å²) in [7, 11) is 0. The minimum atomic E-state index is 0.749. The second-order valence-electron chi connectivity index (χ2n) is 2.62. The molecule has 0 saturated heterocycles. The molecule has 0 aliphatic rings. The van der Waals surface area contributed by atoms with Crippen LogP contribution in [0.2, 0.25) is 0 Å². The average Bonchev–Trinajstić information content (AvgIpc) is 2.45. The third-order valence-electron chi connectivity index (χ3n) is 1.46. The van der Waals surface area contributed by atoms with Gasteiger partial charge in [0, 0.05) is 17.8 Å². The van der Waals surface area contributed by atoms with E-state index in [2.05, 4.69) is 10.3 Å². The third-order valence-corrected chi connectivity index (χ3v) is 2.64. The van der Waals surface area contributed by atoms with Gasteiger partial charge in [-0.2, -0.15) is 0 Å². The van der Waals surface area contributed by atoms with Crippen molar-refractivity contribution in [2.45, 2.75) is 19.8 Å². The lowest BCUT2D eigenvalue weighted by Gasteiger charge is -1.99. The highest BCUT2D eigenvalue weighted by molar-refractivity contribution is 7.13. The van der Waals surface area contributed by atoms with Crippen molar-refractivity contribution < 1.29 is 0 Å². The first-order chi connectivity index (χ1) is 5.83. The quantitative estimate of drug-likeness (QED) is 0.590. The standard InChI is InChI=1S/C8H13ClN2S/c1-7-6-12-8(11-7)10-5-3-2-4-9/h6H,2-5H2,1H3,(H,10,11). The summed E-state index contributed by atoms with van der Waals surface area (Å²) in [5, 5.41) is 6.31. The number of aryl methyl sites for hydroxylation is 1. The van der Waals surface area contributed by atoms with Gasteiger partial charge in [-0.15, -0.1) is 22.9 Å². The summed E-state index contributed by atoms with van der Waals surface area (Å²) in [5.41, 5.74) is 1.08. The molecule has 0 saturated carbocycles. The van der Waals surface area contributed by atoms with Crippen molar-refractivity contribution >= 4 is 28.1 Å². The summed E-state index contributed by atoms with van der Waals surface area (Å²) in [6.07, 6.45) is 2.18. The molecule has 0 bridgehead atoms. The molecule has 1 rings (SSSR count). The number of alkyl halides is 1.